The maximum Gasteiger partial charge on any atom is 0.456 e. The number of esters is 2. The highest BCUT2D eigenvalue weighted by Gasteiger charge is 2.58. The van der Waals surface area contributed by atoms with Gasteiger partial charge >= 0.3 is 24.0 Å². The highest BCUT2D eigenvalue weighted by atomic mass is 19.4. The molecule has 24 heavy (non-hydrogen) atoms. The number of rotatable bonds is 9. The van der Waals surface area contributed by atoms with Gasteiger partial charge in [0.15, 0.2) is 6.61 Å². The minimum absolute atomic E-state index is 0.122. The summed E-state index contributed by atoms with van der Waals surface area (Å²) in [6.07, 6.45) is -5.15. The summed E-state index contributed by atoms with van der Waals surface area (Å²) in [5.41, 5.74) is -0.878. The fourth-order valence-corrected chi connectivity index (χ4v) is 1.57. The Bertz CT molecular complexity index is 432. The number of ether oxygens (including phenoxy) is 2. The van der Waals surface area contributed by atoms with Gasteiger partial charge in [0.1, 0.15) is 5.60 Å². The summed E-state index contributed by atoms with van der Waals surface area (Å²) < 4.78 is 70.2. The summed E-state index contributed by atoms with van der Waals surface area (Å²) in [5, 5.41) is 0. The van der Waals surface area contributed by atoms with Crippen LogP contribution in [-0.2, 0) is 19.1 Å². The maximum atomic E-state index is 12.6. The molecule has 0 aliphatic carbocycles. The molecule has 1 atom stereocenters. The van der Waals surface area contributed by atoms with Crippen molar-refractivity contribution in [3.8, 4) is 0 Å². The molecule has 0 amide bonds. The van der Waals surface area contributed by atoms with Crippen LogP contribution in [0.2, 0.25) is 0 Å². The summed E-state index contributed by atoms with van der Waals surface area (Å²) in [6.45, 7) is 4.73. The Hall–Kier alpha value is -1.41. The molecule has 0 bridgehead atoms. The zero-order valence-corrected chi connectivity index (χ0v) is 14.1. The van der Waals surface area contributed by atoms with E-state index in [9.17, 15) is 31.5 Å². The summed E-state index contributed by atoms with van der Waals surface area (Å²) in [5.74, 6) is -6.91. The van der Waals surface area contributed by atoms with Crippen molar-refractivity contribution in [2.45, 2.75) is 71.1 Å². The van der Waals surface area contributed by atoms with Gasteiger partial charge in [0, 0.05) is 6.42 Å². The van der Waals surface area contributed by atoms with Crippen LogP contribution >= 0.6 is 0 Å². The highest BCUT2D eigenvalue weighted by Crippen LogP contribution is 2.35. The Labute approximate surface area is 137 Å². The number of hydrogen-bond acceptors (Lipinski definition) is 4. The second-order valence-electron chi connectivity index (χ2n) is 6.21. The lowest BCUT2D eigenvalue weighted by Crippen LogP contribution is -2.41. The molecule has 0 spiro atoms. The van der Waals surface area contributed by atoms with Gasteiger partial charge in [-0.05, 0) is 33.1 Å². The largest absolute Gasteiger partial charge is 0.459 e. The molecule has 9 heteroatoms. The van der Waals surface area contributed by atoms with Gasteiger partial charge in [-0.1, -0.05) is 13.8 Å². The molecule has 0 fully saturated rings. The van der Waals surface area contributed by atoms with Crippen molar-refractivity contribution in [1.82, 2.24) is 0 Å². The van der Waals surface area contributed by atoms with Gasteiger partial charge in [-0.2, -0.15) is 22.0 Å². The Morgan fingerprint density at radius 2 is 1.62 bits per heavy atom. The zero-order chi connectivity index (χ0) is 19.2. The van der Waals surface area contributed by atoms with E-state index in [1.807, 2.05) is 6.92 Å². The van der Waals surface area contributed by atoms with E-state index in [0.717, 1.165) is 0 Å². The first-order chi connectivity index (χ1) is 10.7. The minimum atomic E-state index is -5.76. The van der Waals surface area contributed by atoms with Crippen LogP contribution in [-0.4, -0.2) is 36.2 Å². The normalized spacial score (nSPS) is 14.2. The molecule has 0 aliphatic heterocycles. The van der Waals surface area contributed by atoms with Crippen LogP contribution in [0.1, 0.15) is 53.4 Å². The molecule has 0 aliphatic rings. The van der Waals surface area contributed by atoms with Crippen molar-refractivity contribution in [3.05, 3.63) is 0 Å². The molecule has 0 saturated carbocycles. The van der Waals surface area contributed by atoms with Crippen molar-refractivity contribution in [3.63, 3.8) is 0 Å². The van der Waals surface area contributed by atoms with Crippen LogP contribution in [0.5, 0.6) is 0 Å². The van der Waals surface area contributed by atoms with E-state index in [4.69, 9.17) is 4.74 Å². The summed E-state index contributed by atoms with van der Waals surface area (Å²) in [4.78, 5) is 22.9. The monoisotopic (exact) mass is 362 g/mol. The Kier molecular flexibility index (Phi) is 8.11. The standard InChI is InChI=1S/C15H23F5O4/c1-5-10(2)12(22)24-13(3,4)8-6-7-11(21)23-9-14(16,17)15(18,19)20/h10H,5-9H2,1-4H3. The van der Waals surface area contributed by atoms with Crippen molar-refractivity contribution in [2.75, 3.05) is 6.61 Å². The van der Waals surface area contributed by atoms with E-state index in [-0.39, 0.29) is 25.2 Å². The number of hydrogen-bond donors (Lipinski definition) is 0. The van der Waals surface area contributed by atoms with Crippen molar-refractivity contribution >= 4 is 11.9 Å². The molecule has 0 aromatic rings. The van der Waals surface area contributed by atoms with Gasteiger partial charge < -0.3 is 9.47 Å². The Morgan fingerprint density at radius 3 is 2.08 bits per heavy atom. The van der Waals surface area contributed by atoms with Gasteiger partial charge in [-0.3, -0.25) is 9.59 Å². The van der Waals surface area contributed by atoms with E-state index in [1.54, 1.807) is 20.8 Å². The van der Waals surface area contributed by atoms with Gasteiger partial charge in [0.05, 0.1) is 5.92 Å². The minimum Gasteiger partial charge on any atom is -0.459 e. The third-order valence-corrected chi connectivity index (χ3v) is 3.38. The fraction of sp³-hybridized carbons (Fsp3) is 0.867. The maximum absolute atomic E-state index is 12.6. The molecule has 0 aromatic carbocycles. The average molecular weight is 362 g/mol. The number of halogens is 5. The zero-order valence-electron chi connectivity index (χ0n) is 14.1. The third-order valence-electron chi connectivity index (χ3n) is 3.38. The van der Waals surface area contributed by atoms with Crippen LogP contribution < -0.4 is 0 Å². The van der Waals surface area contributed by atoms with Crippen LogP contribution in [0.15, 0.2) is 0 Å². The molecule has 0 rings (SSSR count). The average Bonchev–Trinajstić information content (AvgIpc) is 2.42. The first-order valence-electron chi connectivity index (χ1n) is 7.55. The van der Waals surface area contributed by atoms with Gasteiger partial charge in [-0.15, -0.1) is 0 Å². The molecular weight excluding hydrogens is 339 g/mol. The molecule has 0 saturated heterocycles. The lowest BCUT2D eigenvalue weighted by Gasteiger charge is -2.26. The lowest BCUT2D eigenvalue weighted by atomic mass is 10.0. The van der Waals surface area contributed by atoms with E-state index in [1.165, 1.54) is 0 Å². The molecule has 142 valence electrons. The first kappa shape index (κ1) is 22.6. The summed E-state index contributed by atoms with van der Waals surface area (Å²) in [6, 6.07) is 0. The number of carbonyl (C=O) groups excluding carboxylic acids is 2. The van der Waals surface area contributed by atoms with Crippen LogP contribution in [0.3, 0.4) is 0 Å². The van der Waals surface area contributed by atoms with E-state index < -0.39 is 36.2 Å². The van der Waals surface area contributed by atoms with E-state index >= 15 is 0 Å². The first-order valence-corrected chi connectivity index (χ1v) is 7.55. The highest BCUT2D eigenvalue weighted by molar-refractivity contribution is 5.72. The number of carbonyl (C=O) groups is 2. The van der Waals surface area contributed by atoms with E-state index in [0.29, 0.717) is 6.42 Å². The Balaban J connectivity index is 4.22. The van der Waals surface area contributed by atoms with Gasteiger partial charge in [-0.25, -0.2) is 0 Å². The third kappa shape index (κ3) is 7.92. The van der Waals surface area contributed by atoms with E-state index in [2.05, 4.69) is 4.74 Å². The second-order valence-corrected chi connectivity index (χ2v) is 6.21. The van der Waals surface area contributed by atoms with Crippen molar-refractivity contribution in [2.24, 2.45) is 5.92 Å². The van der Waals surface area contributed by atoms with Crippen molar-refractivity contribution in [1.29, 1.82) is 0 Å². The van der Waals surface area contributed by atoms with Gasteiger partial charge in [0.25, 0.3) is 0 Å². The molecule has 0 radical (unpaired) electrons. The predicted molar refractivity (Wildman–Crippen MR) is 75.4 cm³/mol. The molecule has 0 N–H and O–H groups in total. The second kappa shape index (κ2) is 8.62. The topological polar surface area (TPSA) is 52.6 Å². The van der Waals surface area contributed by atoms with Crippen LogP contribution in [0, 0.1) is 5.92 Å². The molecular formula is C15H23F5O4. The lowest BCUT2D eigenvalue weighted by molar-refractivity contribution is -0.294. The SMILES string of the molecule is CCC(C)C(=O)OC(C)(C)CCCC(=O)OCC(F)(F)C(F)(F)F. The van der Waals surface area contributed by atoms with Crippen molar-refractivity contribution < 1.29 is 41.0 Å². The summed E-state index contributed by atoms with van der Waals surface area (Å²) in [7, 11) is 0. The molecule has 1 unspecified atom stereocenters. The smallest absolute Gasteiger partial charge is 0.456 e. The predicted octanol–water partition coefficient (Wildman–Crippen LogP) is 4.27. The molecule has 4 nitrogen and oxygen atoms in total. The quantitative estimate of drug-likeness (QED) is 0.454. The fourth-order valence-electron chi connectivity index (χ4n) is 1.57. The summed E-state index contributed by atoms with van der Waals surface area (Å²) >= 11 is 0. The number of alkyl halides is 5. The van der Waals surface area contributed by atoms with Crippen LogP contribution in [0.4, 0.5) is 22.0 Å². The van der Waals surface area contributed by atoms with Gasteiger partial charge in [0.2, 0.25) is 0 Å². The molecule has 0 aromatic heterocycles. The molecule has 0 heterocycles. The van der Waals surface area contributed by atoms with Crippen LogP contribution in [0.25, 0.3) is 0 Å². The Morgan fingerprint density at radius 1 is 1.08 bits per heavy atom.